The van der Waals surface area contributed by atoms with Crippen molar-refractivity contribution >= 4 is 54.5 Å². The molecule has 0 bridgehead atoms. The molecule has 1 aromatic heterocycles. The van der Waals surface area contributed by atoms with E-state index in [-0.39, 0.29) is 11.8 Å². The number of hydrogen-bond acceptors (Lipinski definition) is 2. The Kier molecular flexibility index (Phi) is 5.21. The summed E-state index contributed by atoms with van der Waals surface area (Å²) in [4.78, 5) is 19.7. The molecule has 1 atom stereocenters. The molecular formula is C24H19Br2N3O. The Morgan fingerprint density at radius 2 is 1.73 bits per heavy atom. The lowest BCUT2D eigenvalue weighted by atomic mass is 10.1. The van der Waals surface area contributed by atoms with Gasteiger partial charge in [0.2, 0.25) is 5.91 Å². The normalized spacial score (nSPS) is 16.5. The number of hydrogen-bond donors (Lipinski definition) is 0. The second-order valence-corrected chi connectivity index (χ2v) is 9.39. The van der Waals surface area contributed by atoms with E-state index in [0.29, 0.717) is 13.0 Å². The molecular weight excluding hydrogens is 506 g/mol. The Labute approximate surface area is 191 Å². The molecule has 0 aliphatic carbocycles. The number of aromatic nitrogens is 2. The Morgan fingerprint density at radius 3 is 2.53 bits per heavy atom. The summed E-state index contributed by atoms with van der Waals surface area (Å²) in [5.74, 6) is 1.17. The molecule has 0 radical (unpaired) electrons. The third kappa shape index (κ3) is 3.70. The fraction of sp³-hybridized carbons (Fsp3) is 0.167. The topological polar surface area (TPSA) is 38.1 Å². The largest absolute Gasteiger partial charge is 0.323 e. The minimum absolute atomic E-state index is 0.0562. The number of carbonyl (C=O) groups is 1. The summed E-state index contributed by atoms with van der Waals surface area (Å²) in [6, 6.07) is 24.4. The molecule has 1 unspecified atom stereocenters. The van der Waals surface area contributed by atoms with Crippen LogP contribution >= 0.6 is 31.9 Å². The number of halogens is 2. The summed E-state index contributed by atoms with van der Waals surface area (Å²) in [5.41, 5.74) is 4.20. The number of carbonyl (C=O) groups excluding carboxylic acids is 1. The first-order valence-electron chi connectivity index (χ1n) is 9.84. The highest BCUT2D eigenvalue weighted by Crippen LogP contribution is 2.34. The molecule has 2 heterocycles. The summed E-state index contributed by atoms with van der Waals surface area (Å²) >= 11 is 7.03. The number of amides is 1. The molecule has 0 saturated carbocycles. The molecule has 30 heavy (non-hydrogen) atoms. The Balaban J connectivity index is 1.52. The SMILES string of the molecule is O=C1CC(c2nc3ccccc3n2Cc2cccc(Br)c2)CN1c1ccc(Br)cc1. The second kappa shape index (κ2) is 8.00. The lowest BCUT2D eigenvalue weighted by molar-refractivity contribution is -0.117. The fourth-order valence-corrected chi connectivity index (χ4v) is 4.85. The van der Waals surface area contributed by atoms with Gasteiger partial charge in [0.1, 0.15) is 5.82 Å². The van der Waals surface area contributed by atoms with E-state index < -0.39 is 0 Å². The number of imidazole rings is 1. The summed E-state index contributed by atoms with van der Waals surface area (Å²) in [6.07, 6.45) is 0.470. The predicted molar refractivity (Wildman–Crippen MR) is 127 cm³/mol. The maximum atomic E-state index is 12.8. The van der Waals surface area contributed by atoms with Crippen molar-refractivity contribution in [3.63, 3.8) is 0 Å². The average Bonchev–Trinajstić information content (AvgIpc) is 3.30. The van der Waals surface area contributed by atoms with Gasteiger partial charge in [-0.15, -0.1) is 0 Å². The molecule has 3 aromatic carbocycles. The zero-order chi connectivity index (χ0) is 20.7. The molecule has 4 aromatic rings. The van der Waals surface area contributed by atoms with Gasteiger partial charge < -0.3 is 9.47 Å². The highest BCUT2D eigenvalue weighted by molar-refractivity contribution is 9.10. The lowest BCUT2D eigenvalue weighted by Gasteiger charge is -2.17. The first kappa shape index (κ1) is 19.5. The quantitative estimate of drug-likeness (QED) is 0.322. The number of para-hydroxylation sites is 2. The molecule has 1 aliphatic rings. The van der Waals surface area contributed by atoms with E-state index in [4.69, 9.17) is 4.98 Å². The minimum atomic E-state index is 0.0562. The highest BCUT2D eigenvalue weighted by atomic mass is 79.9. The van der Waals surface area contributed by atoms with Gasteiger partial charge in [-0.05, 0) is 54.1 Å². The summed E-state index contributed by atoms with van der Waals surface area (Å²) < 4.78 is 4.33. The van der Waals surface area contributed by atoms with E-state index in [1.807, 2.05) is 59.5 Å². The lowest BCUT2D eigenvalue weighted by Crippen LogP contribution is -2.24. The number of fused-ring (bicyclic) bond motifs is 1. The molecule has 150 valence electrons. The van der Waals surface area contributed by atoms with Crippen molar-refractivity contribution in [3.05, 3.63) is 93.1 Å². The van der Waals surface area contributed by atoms with Crippen LogP contribution in [-0.2, 0) is 11.3 Å². The van der Waals surface area contributed by atoms with Crippen LogP contribution in [0.1, 0.15) is 23.7 Å². The monoisotopic (exact) mass is 523 g/mol. The first-order chi connectivity index (χ1) is 14.6. The first-order valence-corrected chi connectivity index (χ1v) is 11.4. The summed E-state index contributed by atoms with van der Waals surface area (Å²) in [7, 11) is 0. The van der Waals surface area contributed by atoms with E-state index in [9.17, 15) is 4.79 Å². The Morgan fingerprint density at radius 1 is 0.933 bits per heavy atom. The van der Waals surface area contributed by atoms with Gasteiger partial charge in [-0.1, -0.05) is 56.1 Å². The predicted octanol–water partition coefficient (Wildman–Crippen LogP) is 6.13. The maximum Gasteiger partial charge on any atom is 0.227 e. The van der Waals surface area contributed by atoms with Crippen LogP contribution in [0, 0.1) is 0 Å². The van der Waals surface area contributed by atoms with Crippen LogP contribution in [0.25, 0.3) is 11.0 Å². The van der Waals surface area contributed by atoms with Crippen molar-refractivity contribution in [2.45, 2.75) is 18.9 Å². The molecule has 4 nitrogen and oxygen atoms in total. The van der Waals surface area contributed by atoms with Crippen molar-refractivity contribution in [1.82, 2.24) is 9.55 Å². The van der Waals surface area contributed by atoms with E-state index >= 15 is 0 Å². The summed E-state index contributed by atoms with van der Waals surface area (Å²) in [5, 5.41) is 0. The van der Waals surface area contributed by atoms with Gasteiger partial charge in [-0.25, -0.2) is 4.98 Å². The van der Waals surface area contributed by atoms with Crippen molar-refractivity contribution in [3.8, 4) is 0 Å². The number of rotatable bonds is 4. The van der Waals surface area contributed by atoms with Crippen molar-refractivity contribution < 1.29 is 4.79 Å². The van der Waals surface area contributed by atoms with Crippen LogP contribution in [0.5, 0.6) is 0 Å². The van der Waals surface area contributed by atoms with Gasteiger partial charge in [-0.2, -0.15) is 0 Å². The van der Waals surface area contributed by atoms with Gasteiger partial charge in [-0.3, -0.25) is 4.79 Å². The molecule has 0 spiro atoms. The van der Waals surface area contributed by atoms with Crippen molar-refractivity contribution in [1.29, 1.82) is 0 Å². The van der Waals surface area contributed by atoms with E-state index in [2.05, 4.69) is 54.6 Å². The molecule has 1 amide bonds. The van der Waals surface area contributed by atoms with Gasteiger partial charge in [0.05, 0.1) is 11.0 Å². The van der Waals surface area contributed by atoms with Gasteiger partial charge in [0.25, 0.3) is 0 Å². The highest BCUT2D eigenvalue weighted by Gasteiger charge is 2.34. The number of anilines is 1. The third-order valence-electron chi connectivity index (χ3n) is 5.54. The average molecular weight is 525 g/mol. The molecule has 1 fully saturated rings. The molecule has 5 rings (SSSR count). The summed E-state index contributed by atoms with van der Waals surface area (Å²) in [6.45, 7) is 1.36. The van der Waals surface area contributed by atoms with E-state index in [1.165, 1.54) is 5.56 Å². The second-order valence-electron chi connectivity index (χ2n) is 7.56. The third-order valence-corrected chi connectivity index (χ3v) is 6.56. The smallest absolute Gasteiger partial charge is 0.227 e. The Hall–Kier alpha value is -2.44. The molecule has 0 N–H and O–H groups in total. The van der Waals surface area contributed by atoms with Crippen LogP contribution in [0.15, 0.2) is 81.7 Å². The van der Waals surface area contributed by atoms with Gasteiger partial charge >= 0.3 is 0 Å². The van der Waals surface area contributed by atoms with Crippen LogP contribution in [0.2, 0.25) is 0 Å². The Bertz CT molecular complexity index is 1230. The van der Waals surface area contributed by atoms with E-state index in [0.717, 1.165) is 38.0 Å². The standard InChI is InChI=1S/C24H19Br2N3O/c25-18-8-10-20(11-9-18)28-15-17(13-23(28)30)24-27-21-6-1-2-7-22(21)29(24)14-16-4-3-5-19(26)12-16/h1-12,17H,13-15H2. The maximum absolute atomic E-state index is 12.8. The van der Waals surface area contributed by atoms with Crippen molar-refractivity contribution in [2.24, 2.45) is 0 Å². The van der Waals surface area contributed by atoms with Gasteiger partial charge in [0, 0.05) is 40.1 Å². The van der Waals surface area contributed by atoms with Crippen LogP contribution in [0.3, 0.4) is 0 Å². The fourth-order valence-electron chi connectivity index (χ4n) is 4.14. The molecule has 1 saturated heterocycles. The molecule has 6 heteroatoms. The van der Waals surface area contributed by atoms with Crippen LogP contribution in [-0.4, -0.2) is 22.0 Å². The number of nitrogens with zero attached hydrogens (tertiary/aromatic N) is 3. The zero-order valence-electron chi connectivity index (χ0n) is 16.1. The van der Waals surface area contributed by atoms with Crippen molar-refractivity contribution in [2.75, 3.05) is 11.4 Å². The van der Waals surface area contributed by atoms with E-state index in [1.54, 1.807) is 0 Å². The van der Waals surface area contributed by atoms with Crippen LogP contribution in [0.4, 0.5) is 5.69 Å². The van der Waals surface area contributed by atoms with Gasteiger partial charge in [0.15, 0.2) is 0 Å². The number of benzene rings is 3. The minimum Gasteiger partial charge on any atom is -0.323 e. The van der Waals surface area contributed by atoms with Crippen LogP contribution < -0.4 is 4.90 Å². The zero-order valence-corrected chi connectivity index (χ0v) is 19.3. The molecule has 1 aliphatic heterocycles.